The molecule has 0 bridgehead atoms. The molecular weight excluding hydrogens is 462 g/mol. The summed E-state index contributed by atoms with van der Waals surface area (Å²) in [5.74, 6) is -0.00389. The highest BCUT2D eigenvalue weighted by Gasteiger charge is 2.37. The Kier molecular flexibility index (Phi) is 7.52. The van der Waals surface area contributed by atoms with Gasteiger partial charge < -0.3 is 19.7 Å². The minimum atomic E-state index is -0.834. The van der Waals surface area contributed by atoms with Gasteiger partial charge in [-0.2, -0.15) is 0 Å². The maximum absolute atomic E-state index is 12.2. The molecular formula is C22H31N5O8. The van der Waals surface area contributed by atoms with Crippen LogP contribution >= 0.6 is 0 Å². The molecule has 4 unspecified atom stereocenters. The molecule has 0 amide bonds. The van der Waals surface area contributed by atoms with Crippen molar-refractivity contribution in [1.82, 2.24) is 24.4 Å². The quantitative estimate of drug-likeness (QED) is 0.276. The van der Waals surface area contributed by atoms with E-state index in [4.69, 9.17) is 9.47 Å². The maximum Gasteiger partial charge on any atom is 0.330 e. The second-order valence-electron chi connectivity index (χ2n) is 9.18. The van der Waals surface area contributed by atoms with Crippen LogP contribution in [0.25, 0.3) is 0 Å². The third-order valence-electron chi connectivity index (χ3n) is 6.65. The topological polar surface area (TPSA) is 181 Å². The van der Waals surface area contributed by atoms with Crippen LogP contribution in [0.4, 0.5) is 0 Å². The van der Waals surface area contributed by atoms with Crippen LogP contribution in [0.1, 0.15) is 49.3 Å². The van der Waals surface area contributed by atoms with Crippen molar-refractivity contribution in [2.24, 2.45) is 5.92 Å². The lowest BCUT2D eigenvalue weighted by Crippen LogP contribution is -2.38. The Morgan fingerprint density at radius 2 is 1.54 bits per heavy atom. The van der Waals surface area contributed by atoms with Crippen LogP contribution in [0.5, 0.6) is 0 Å². The van der Waals surface area contributed by atoms with Crippen LogP contribution < -0.4 is 27.8 Å². The SMILES string of the molecule is Cc1cn(C2CC(O)C(NCCCC3C[C@H](n4cc(C)c(=O)[nH]c4=O)O[C@@H]3CO)O2)c(=O)[nH]c1=O. The number of rotatable bonds is 8. The van der Waals surface area contributed by atoms with Gasteiger partial charge in [-0.3, -0.25) is 34.0 Å². The Labute approximate surface area is 199 Å². The van der Waals surface area contributed by atoms with Gasteiger partial charge in [-0.05, 0) is 45.6 Å². The molecule has 2 aromatic heterocycles. The van der Waals surface area contributed by atoms with E-state index in [-0.39, 0.29) is 18.9 Å². The van der Waals surface area contributed by atoms with E-state index in [0.29, 0.717) is 36.9 Å². The van der Waals surface area contributed by atoms with Crippen LogP contribution in [0.3, 0.4) is 0 Å². The summed E-state index contributed by atoms with van der Waals surface area (Å²) in [4.78, 5) is 52.0. The molecule has 2 aromatic rings. The predicted octanol–water partition coefficient (Wildman–Crippen LogP) is -1.42. The van der Waals surface area contributed by atoms with E-state index in [1.807, 2.05) is 0 Å². The molecule has 4 rings (SSSR count). The first-order valence-electron chi connectivity index (χ1n) is 11.6. The molecule has 35 heavy (non-hydrogen) atoms. The van der Waals surface area contributed by atoms with Crippen LogP contribution in [0.15, 0.2) is 31.6 Å². The third kappa shape index (κ3) is 5.38. The zero-order valence-electron chi connectivity index (χ0n) is 19.6. The minimum absolute atomic E-state index is 0.00389. The van der Waals surface area contributed by atoms with Crippen molar-refractivity contribution in [3.63, 3.8) is 0 Å². The fourth-order valence-corrected chi connectivity index (χ4v) is 4.67. The molecule has 0 aliphatic carbocycles. The van der Waals surface area contributed by atoms with E-state index in [1.165, 1.54) is 21.5 Å². The number of hydrogen-bond acceptors (Lipinski definition) is 9. The van der Waals surface area contributed by atoms with Crippen LogP contribution in [-0.4, -0.2) is 60.9 Å². The van der Waals surface area contributed by atoms with E-state index in [2.05, 4.69) is 15.3 Å². The van der Waals surface area contributed by atoms with Gasteiger partial charge in [0.1, 0.15) is 18.7 Å². The summed E-state index contributed by atoms with van der Waals surface area (Å²) in [5, 5.41) is 23.3. The van der Waals surface area contributed by atoms with Crippen molar-refractivity contribution in [1.29, 1.82) is 0 Å². The summed E-state index contributed by atoms with van der Waals surface area (Å²) in [7, 11) is 0. The Balaban J connectivity index is 1.30. The lowest BCUT2D eigenvalue weighted by molar-refractivity contribution is -0.0392. The maximum atomic E-state index is 12.2. The Morgan fingerprint density at radius 1 is 0.971 bits per heavy atom. The highest BCUT2D eigenvalue weighted by molar-refractivity contribution is 5.03. The monoisotopic (exact) mass is 493 g/mol. The number of nitrogens with zero attached hydrogens (tertiary/aromatic N) is 2. The van der Waals surface area contributed by atoms with E-state index in [1.54, 1.807) is 13.8 Å². The number of aromatic amines is 2. The zero-order chi connectivity index (χ0) is 25.3. The second kappa shape index (κ2) is 10.4. The van der Waals surface area contributed by atoms with Gasteiger partial charge >= 0.3 is 11.4 Å². The van der Waals surface area contributed by atoms with Crippen molar-refractivity contribution in [2.45, 2.75) is 70.4 Å². The fraction of sp³-hybridized carbons (Fsp3) is 0.636. The number of aliphatic hydroxyl groups is 2. The van der Waals surface area contributed by atoms with Crippen LogP contribution in [-0.2, 0) is 9.47 Å². The summed E-state index contributed by atoms with van der Waals surface area (Å²) in [6.07, 6.45) is 1.74. The lowest BCUT2D eigenvalue weighted by Gasteiger charge is -2.19. The molecule has 2 aliphatic rings. The molecule has 5 N–H and O–H groups in total. The summed E-state index contributed by atoms with van der Waals surface area (Å²) in [5.41, 5.74) is -1.28. The molecule has 0 spiro atoms. The number of H-pyrrole nitrogens is 2. The van der Waals surface area contributed by atoms with Gasteiger partial charge in [0.15, 0.2) is 0 Å². The fourth-order valence-electron chi connectivity index (χ4n) is 4.67. The Hall–Kier alpha value is -2.84. The Bertz CT molecular complexity index is 1280. The molecule has 0 radical (unpaired) electrons. The molecule has 13 nitrogen and oxygen atoms in total. The Morgan fingerprint density at radius 3 is 2.11 bits per heavy atom. The highest BCUT2D eigenvalue weighted by atomic mass is 16.5. The van der Waals surface area contributed by atoms with Gasteiger partial charge in [0, 0.05) is 29.9 Å². The van der Waals surface area contributed by atoms with E-state index in [9.17, 15) is 29.4 Å². The van der Waals surface area contributed by atoms with Crippen LogP contribution in [0.2, 0.25) is 0 Å². The average molecular weight is 494 g/mol. The molecule has 0 saturated carbocycles. The van der Waals surface area contributed by atoms with Gasteiger partial charge in [0.2, 0.25) is 0 Å². The van der Waals surface area contributed by atoms with E-state index < -0.39 is 53.4 Å². The third-order valence-corrected chi connectivity index (χ3v) is 6.65. The highest BCUT2D eigenvalue weighted by Crippen LogP contribution is 2.35. The average Bonchev–Trinajstić information content (AvgIpc) is 3.39. The molecule has 6 atom stereocenters. The summed E-state index contributed by atoms with van der Waals surface area (Å²) < 4.78 is 14.3. The van der Waals surface area contributed by atoms with Crippen molar-refractivity contribution in [2.75, 3.05) is 13.2 Å². The van der Waals surface area contributed by atoms with Crippen LogP contribution in [0, 0.1) is 19.8 Å². The van der Waals surface area contributed by atoms with Gasteiger partial charge in [0.25, 0.3) is 11.1 Å². The number of nitrogens with one attached hydrogen (secondary N) is 3. The van der Waals surface area contributed by atoms with Gasteiger partial charge in [-0.15, -0.1) is 0 Å². The molecule has 2 fully saturated rings. The summed E-state index contributed by atoms with van der Waals surface area (Å²) in [6, 6.07) is 0. The predicted molar refractivity (Wildman–Crippen MR) is 123 cm³/mol. The van der Waals surface area contributed by atoms with Gasteiger partial charge in [-0.25, -0.2) is 9.59 Å². The number of ether oxygens (including phenoxy) is 2. The first-order chi connectivity index (χ1) is 16.7. The van der Waals surface area contributed by atoms with E-state index >= 15 is 0 Å². The molecule has 0 aromatic carbocycles. The van der Waals surface area contributed by atoms with Gasteiger partial charge in [-0.1, -0.05) is 0 Å². The first kappa shape index (κ1) is 25.3. The van der Waals surface area contributed by atoms with E-state index in [0.717, 1.165) is 0 Å². The number of aromatic nitrogens is 4. The van der Waals surface area contributed by atoms with Gasteiger partial charge in [0.05, 0.1) is 18.8 Å². The largest absolute Gasteiger partial charge is 0.394 e. The van der Waals surface area contributed by atoms with Crippen molar-refractivity contribution in [3.8, 4) is 0 Å². The van der Waals surface area contributed by atoms with Crippen molar-refractivity contribution in [3.05, 3.63) is 65.2 Å². The molecule has 4 heterocycles. The molecule has 13 heteroatoms. The summed E-state index contributed by atoms with van der Waals surface area (Å²) in [6.45, 7) is 3.51. The molecule has 2 saturated heterocycles. The smallest absolute Gasteiger partial charge is 0.330 e. The minimum Gasteiger partial charge on any atom is -0.394 e. The van der Waals surface area contributed by atoms with Crippen molar-refractivity contribution < 1.29 is 19.7 Å². The normalized spacial score (nSPS) is 28.6. The number of hydrogen-bond donors (Lipinski definition) is 5. The zero-order valence-corrected chi connectivity index (χ0v) is 19.6. The standard InChI is InChI=1S/C22H31N5O8/c1-11-8-26(21(32)24-18(11)30)16-6-13(15(10-28)34-16)4-3-5-23-20-14(29)7-17(35-20)27-9-12(2)19(31)25-22(27)33/h8-9,13-17,20,23,28-29H,3-7,10H2,1-2H3,(H,24,30,32)(H,25,31,33)/t13?,14?,15-,16-,17?,20?/m1/s1. The summed E-state index contributed by atoms with van der Waals surface area (Å²) >= 11 is 0. The van der Waals surface area contributed by atoms with Crippen molar-refractivity contribution >= 4 is 0 Å². The lowest BCUT2D eigenvalue weighted by atomic mass is 9.95. The molecule has 2 aliphatic heterocycles. The first-order valence-corrected chi connectivity index (χ1v) is 11.6. The number of aryl methyl sites for hydroxylation is 2. The second-order valence-corrected chi connectivity index (χ2v) is 9.18. The number of aliphatic hydroxyl groups excluding tert-OH is 2. The molecule has 192 valence electrons.